The van der Waals surface area contributed by atoms with Crippen LogP contribution in [-0.4, -0.2) is 19.1 Å². The standard InChI is InChI=1S/C7H10N2O/c1-9(10-2)7-5-3-4-6-8-7/h3-6H,1-2H3. The average Bonchev–Trinajstić information content (AvgIpc) is 2.05. The van der Waals surface area contributed by atoms with Crippen LogP contribution < -0.4 is 5.06 Å². The molecule has 0 saturated carbocycles. The predicted octanol–water partition coefficient (Wildman–Crippen LogP) is 1.08. The van der Waals surface area contributed by atoms with Crippen molar-refractivity contribution in [2.45, 2.75) is 0 Å². The van der Waals surface area contributed by atoms with Crippen LogP contribution in [0.4, 0.5) is 5.82 Å². The largest absolute Gasteiger partial charge is 0.276 e. The molecule has 0 aliphatic heterocycles. The first kappa shape index (κ1) is 7.02. The van der Waals surface area contributed by atoms with E-state index in [1.54, 1.807) is 18.4 Å². The zero-order valence-electron chi connectivity index (χ0n) is 6.11. The second kappa shape index (κ2) is 3.17. The Morgan fingerprint density at radius 2 is 2.30 bits per heavy atom. The minimum Gasteiger partial charge on any atom is -0.276 e. The molecule has 10 heavy (non-hydrogen) atoms. The van der Waals surface area contributed by atoms with Gasteiger partial charge in [-0.15, -0.1) is 0 Å². The minimum atomic E-state index is 0.810. The van der Waals surface area contributed by atoms with Gasteiger partial charge >= 0.3 is 0 Å². The van der Waals surface area contributed by atoms with Crippen molar-refractivity contribution in [3.63, 3.8) is 0 Å². The molecule has 54 valence electrons. The molecule has 0 aromatic carbocycles. The zero-order valence-corrected chi connectivity index (χ0v) is 6.11. The minimum absolute atomic E-state index is 0.810. The Kier molecular flexibility index (Phi) is 2.23. The summed E-state index contributed by atoms with van der Waals surface area (Å²) in [7, 11) is 3.41. The van der Waals surface area contributed by atoms with E-state index in [-0.39, 0.29) is 0 Å². The number of hydroxylamine groups is 1. The number of rotatable bonds is 2. The van der Waals surface area contributed by atoms with Crippen molar-refractivity contribution >= 4 is 5.82 Å². The summed E-state index contributed by atoms with van der Waals surface area (Å²) in [6.07, 6.45) is 1.73. The van der Waals surface area contributed by atoms with E-state index in [0.29, 0.717) is 0 Å². The van der Waals surface area contributed by atoms with Gasteiger partial charge < -0.3 is 0 Å². The normalized spacial score (nSPS) is 9.40. The Hall–Kier alpha value is -1.09. The quantitative estimate of drug-likeness (QED) is 0.572. The van der Waals surface area contributed by atoms with Gasteiger partial charge in [-0.3, -0.25) is 4.84 Å². The van der Waals surface area contributed by atoms with E-state index in [4.69, 9.17) is 4.84 Å². The molecule has 1 aromatic heterocycles. The Morgan fingerprint density at radius 3 is 2.80 bits per heavy atom. The van der Waals surface area contributed by atoms with E-state index < -0.39 is 0 Å². The number of anilines is 1. The lowest BCUT2D eigenvalue weighted by molar-refractivity contribution is 0.182. The van der Waals surface area contributed by atoms with Gasteiger partial charge in [0.2, 0.25) is 0 Å². The van der Waals surface area contributed by atoms with Crippen LogP contribution in [0.3, 0.4) is 0 Å². The molecule has 0 spiro atoms. The highest BCUT2D eigenvalue weighted by molar-refractivity contribution is 5.32. The first-order chi connectivity index (χ1) is 4.84. The van der Waals surface area contributed by atoms with Gasteiger partial charge in [-0.05, 0) is 12.1 Å². The molecule has 0 fully saturated rings. The highest BCUT2D eigenvalue weighted by atomic mass is 16.7. The Balaban J connectivity index is 2.75. The van der Waals surface area contributed by atoms with Crippen molar-refractivity contribution in [3.05, 3.63) is 24.4 Å². The van der Waals surface area contributed by atoms with Crippen LogP contribution in [0, 0.1) is 0 Å². The first-order valence-electron chi connectivity index (χ1n) is 3.03. The monoisotopic (exact) mass is 138 g/mol. The Morgan fingerprint density at radius 1 is 1.50 bits per heavy atom. The second-order valence-electron chi connectivity index (χ2n) is 1.87. The molecule has 0 aliphatic carbocycles. The van der Waals surface area contributed by atoms with E-state index in [0.717, 1.165) is 5.82 Å². The van der Waals surface area contributed by atoms with Crippen molar-refractivity contribution in [1.82, 2.24) is 4.98 Å². The predicted molar refractivity (Wildman–Crippen MR) is 39.6 cm³/mol. The molecule has 3 heteroatoms. The van der Waals surface area contributed by atoms with Crippen LogP contribution in [0.25, 0.3) is 0 Å². The molecule has 1 heterocycles. The molecule has 0 bridgehead atoms. The maximum absolute atomic E-state index is 4.91. The maximum Gasteiger partial charge on any atom is 0.151 e. The highest BCUT2D eigenvalue weighted by Gasteiger charge is 1.95. The van der Waals surface area contributed by atoms with Crippen molar-refractivity contribution in [3.8, 4) is 0 Å². The SMILES string of the molecule is CON(C)c1ccccn1. The third kappa shape index (κ3) is 1.45. The molecule has 0 saturated heterocycles. The van der Waals surface area contributed by atoms with E-state index >= 15 is 0 Å². The van der Waals surface area contributed by atoms with Crippen molar-refractivity contribution in [2.75, 3.05) is 19.2 Å². The lowest BCUT2D eigenvalue weighted by Crippen LogP contribution is -2.15. The van der Waals surface area contributed by atoms with Crippen molar-refractivity contribution < 1.29 is 4.84 Å². The van der Waals surface area contributed by atoms with E-state index in [9.17, 15) is 0 Å². The van der Waals surface area contributed by atoms with Crippen LogP contribution in [0.5, 0.6) is 0 Å². The molecule has 0 aliphatic rings. The van der Waals surface area contributed by atoms with Gasteiger partial charge in [0, 0.05) is 13.2 Å². The van der Waals surface area contributed by atoms with Crippen molar-refractivity contribution in [2.24, 2.45) is 0 Å². The van der Waals surface area contributed by atoms with Crippen LogP contribution in [0.1, 0.15) is 0 Å². The molecule has 3 nitrogen and oxygen atoms in total. The van der Waals surface area contributed by atoms with E-state index in [1.165, 1.54) is 0 Å². The van der Waals surface area contributed by atoms with Gasteiger partial charge in [-0.2, -0.15) is 0 Å². The lowest BCUT2D eigenvalue weighted by atomic mass is 10.5. The van der Waals surface area contributed by atoms with E-state index in [2.05, 4.69) is 4.98 Å². The maximum atomic E-state index is 4.91. The van der Waals surface area contributed by atoms with Gasteiger partial charge in [0.15, 0.2) is 5.82 Å². The summed E-state index contributed by atoms with van der Waals surface area (Å²) in [5.74, 6) is 0.810. The van der Waals surface area contributed by atoms with Crippen LogP contribution in [0.2, 0.25) is 0 Å². The molecule has 0 amide bonds. The third-order valence-electron chi connectivity index (χ3n) is 1.25. The summed E-state index contributed by atoms with van der Waals surface area (Å²) in [5.41, 5.74) is 0. The molecule has 0 N–H and O–H groups in total. The van der Waals surface area contributed by atoms with Crippen LogP contribution in [0.15, 0.2) is 24.4 Å². The third-order valence-corrected chi connectivity index (χ3v) is 1.25. The van der Waals surface area contributed by atoms with Crippen LogP contribution >= 0.6 is 0 Å². The summed E-state index contributed by atoms with van der Waals surface area (Å²) in [5, 5.41) is 1.60. The van der Waals surface area contributed by atoms with Crippen molar-refractivity contribution in [1.29, 1.82) is 0 Å². The smallest absolute Gasteiger partial charge is 0.151 e. The first-order valence-corrected chi connectivity index (χ1v) is 3.03. The Bertz CT molecular complexity index is 188. The van der Waals surface area contributed by atoms with Gasteiger partial charge in [0.1, 0.15) is 0 Å². The lowest BCUT2D eigenvalue weighted by Gasteiger charge is -2.13. The molecule has 0 radical (unpaired) electrons. The Labute approximate surface area is 60.2 Å². The van der Waals surface area contributed by atoms with Gasteiger partial charge in [-0.1, -0.05) is 6.07 Å². The second-order valence-corrected chi connectivity index (χ2v) is 1.87. The fraction of sp³-hybridized carbons (Fsp3) is 0.286. The average molecular weight is 138 g/mol. The molecular formula is C7H10N2O. The zero-order chi connectivity index (χ0) is 7.40. The summed E-state index contributed by atoms with van der Waals surface area (Å²) in [6.45, 7) is 0. The fourth-order valence-corrected chi connectivity index (χ4v) is 0.634. The summed E-state index contributed by atoms with van der Waals surface area (Å²) in [6, 6.07) is 5.66. The number of hydrogen-bond donors (Lipinski definition) is 0. The number of pyridine rings is 1. The van der Waals surface area contributed by atoms with Crippen LogP contribution in [-0.2, 0) is 4.84 Å². The van der Waals surface area contributed by atoms with Gasteiger partial charge in [0.25, 0.3) is 0 Å². The van der Waals surface area contributed by atoms with Gasteiger partial charge in [-0.25, -0.2) is 10.0 Å². The number of hydrogen-bond acceptors (Lipinski definition) is 3. The summed E-state index contributed by atoms with van der Waals surface area (Å²) in [4.78, 5) is 8.96. The molecular weight excluding hydrogens is 128 g/mol. The van der Waals surface area contributed by atoms with Gasteiger partial charge in [0.05, 0.1) is 7.11 Å². The topological polar surface area (TPSA) is 25.4 Å². The molecule has 0 atom stereocenters. The highest BCUT2D eigenvalue weighted by Crippen LogP contribution is 2.04. The number of nitrogens with zero attached hydrogens (tertiary/aromatic N) is 2. The summed E-state index contributed by atoms with van der Waals surface area (Å²) >= 11 is 0. The number of aromatic nitrogens is 1. The molecule has 1 rings (SSSR count). The fourth-order valence-electron chi connectivity index (χ4n) is 0.634. The van der Waals surface area contributed by atoms with E-state index in [1.807, 2.05) is 25.2 Å². The molecule has 1 aromatic rings. The molecule has 0 unspecified atom stereocenters. The summed E-state index contributed by atoms with van der Waals surface area (Å²) < 4.78 is 0.